The second-order valence-corrected chi connectivity index (χ2v) is 6.51. The van der Waals surface area contributed by atoms with Crippen LogP contribution in [-0.4, -0.2) is 43.2 Å². The largest absolute Gasteiger partial charge is 0.384 e. The molecule has 2 atom stereocenters. The van der Waals surface area contributed by atoms with Gasteiger partial charge in [0.2, 0.25) is 5.91 Å². The van der Waals surface area contributed by atoms with Crippen molar-refractivity contribution in [1.29, 1.82) is 0 Å². The average molecular weight is 312 g/mol. The van der Waals surface area contributed by atoms with E-state index in [4.69, 9.17) is 4.74 Å². The summed E-state index contributed by atoms with van der Waals surface area (Å²) in [6.07, 6.45) is 0. The van der Waals surface area contributed by atoms with Crippen LogP contribution in [0.3, 0.4) is 0 Å². The molecule has 0 aliphatic carbocycles. The summed E-state index contributed by atoms with van der Waals surface area (Å²) >= 11 is 0. The van der Waals surface area contributed by atoms with Gasteiger partial charge in [-0.1, -0.05) is 19.1 Å². The third kappa shape index (κ3) is 6.84. The highest BCUT2D eigenvalue weighted by Gasteiger charge is 2.12. The number of carbonyl (C=O) groups is 1. The van der Waals surface area contributed by atoms with E-state index in [1.54, 1.807) is 7.11 Å². The molecule has 0 aliphatic rings. The zero-order chi connectivity index (χ0) is 15.7. The van der Waals surface area contributed by atoms with Crippen molar-refractivity contribution in [2.24, 2.45) is 5.92 Å². The lowest BCUT2D eigenvalue weighted by molar-refractivity contribution is -0.119. The number of carbonyl (C=O) groups excluding carboxylic acids is 1. The number of hydrogen-bond acceptors (Lipinski definition) is 4. The Kier molecular flexibility index (Phi) is 8.19. The first-order valence-corrected chi connectivity index (χ1v) is 8.44. The van der Waals surface area contributed by atoms with E-state index in [-0.39, 0.29) is 11.8 Å². The summed E-state index contributed by atoms with van der Waals surface area (Å²) < 4.78 is 16.8. The molecule has 5 nitrogen and oxygen atoms in total. The van der Waals surface area contributed by atoms with Gasteiger partial charge in [-0.2, -0.15) is 0 Å². The minimum atomic E-state index is -0.951. The van der Waals surface area contributed by atoms with Crippen molar-refractivity contribution in [2.45, 2.75) is 12.7 Å². The van der Waals surface area contributed by atoms with Crippen molar-refractivity contribution in [3.63, 3.8) is 0 Å². The fourth-order valence-electron chi connectivity index (χ4n) is 1.84. The number of nitrogens with one attached hydrogen (secondary N) is 2. The SMILES string of the molecule is CNCC(C)C(=O)Nc1cccc(CS(=O)CCOC)c1. The van der Waals surface area contributed by atoms with Gasteiger partial charge in [-0.05, 0) is 24.7 Å². The van der Waals surface area contributed by atoms with Gasteiger partial charge < -0.3 is 15.4 Å². The third-order valence-corrected chi connectivity index (χ3v) is 4.27. The Morgan fingerprint density at radius 1 is 1.43 bits per heavy atom. The van der Waals surface area contributed by atoms with E-state index in [1.807, 2.05) is 38.2 Å². The van der Waals surface area contributed by atoms with Gasteiger partial charge in [0.25, 0.3) is 0 Å². The van der Waals surface area contributed by atoms with Gasteiger partial charge in [-0.25, -0.2) is 0 Å². The molecule has 1 rings (SSSR count). The predicted molar refractivity (Wildman–Crippen MR) is 86.8 cm³/mol. The second kappa shape index (κ2) is 9.65. The van der Waals surface area contributed by atoms with Crippen molar-refractivity contribution in [3.8, 4) is 0 Å². The zero-order valence-corrected chi connectivity index (χ0v) is 13.7. The molecule has 0 aliphatic heterocycles. The molecule has 1 aromatic carbocycles. The number of anilines is 1. The van der Waals surface area contributed by atoms with Crippen LogP contribution in [0.15, 0.2) is 24.3 Å². The van der Waals surface area contributed by atoms with Crippen LogP contribution < -0.4 is 10.6 Å². The van der Waals surface area contributed by atoms with Gasteiger partial charge in [-0.3, -0.25) is 9.00 Å². The van der Waals surface area contributed by atoms with E-state index in [1.165, 1.54) is 0 Å². The van der Waals surface area contributed by atoms with Crippen LogP contribution in [0.1, 0.15) is 12.5 Å². The van der Waals surface area contributed by atoms with Crippen molar-refractivity contribution in [2.75, 3.05) is 38.4 Å². The fraction of sp³-hybridized carbons (Fsp3) is 0.533. The predicted octanol–water partition coefficient (Wildman–Crippen LogP) is 1.38. The highest BCUT2D eigenvalue weighted by atomic mass is 32.2. The Morgan fingerprint density at radius 3 is 2.86 bits per heavy atom. The molecule has 1 amide bonds. The van der Waals surface area contributed by atoms with Gasteiger partial charge >= 0.3 is 0 Å². The van der Waals surface area contributed by atoms with Gasteiger partial charge in [0.15, 0.2) is 0 Å². The molecule has 2 unspecified atom stereocenters. The number of rotatable bonds is 9. The van der Waals surface area contributed by atoms with E-state index in [2.05, 4.69) is 10.6 Å². The van der Waals surface area contributed by atoms with Gasteiger partial charge in [0, 0.05) is 47.6 Å². The maximum Gasteiger partial charge on any atom is 0.228 e. The Labute approximate surface area is 128 Å². The first-order valence-electron chi connectivity index (χ1n) is 6.95. The van der Waals surface area contributed by atoms with Gasteiger partial charge in [-0.15, -0.1) is 0 Å². The minimum absolute atomic E-state index is 0.0259. The summed E-state index contributed by atoms with van der Waals surface area (Å²) in [5.74, 6) is 0.863. The van der Waals surface area contributed by atoms with Crippen molar-refractivity contribution in [3.05, 3.63) is 29.8 Å². The molecule has 0 saturated heterocycles. The molecule has 118 valence electrons. The maximum atomic E-state index is 11.9. The molecule has 2 N–H and O–H groups in total. The van der Waals surface area contributed by atoms with Crippen LogP contribution in [-0.2, 0) is 26.1 Å². The lowest BCUT2D eigenvalue weighted by Gasteiger charge is -2.12. The molecule has 0 fully saturated rings. The molecule has 0 bridgehead atoms. The van der Waals surface area contributed by atoms with Crippen LogP contribution in [0.4, 0.5) is 5.69 Å². The average Bonchev–Trinajstić information content (AvgIpc) is 2.45. The van der Waals surface area contributed by atoms with Crippen molar-refractivity contribution < 1.29 is 13.7 Å². The second-order valence-electron chi connectivity index (χ2n) is 4.93. The standard InChI is InChI=1S/C15H24N2O3S/c1-12(10-16-2)15(18)17-14-6-4-5-13(9-14)11-21(19)8-7-20-3/h4-6,9,12,16H,7-8,10-11H2,1-3H3,(H,17,18). The summed E-state index contributed by atoms with van der Waals surface area (Å²) in [6, 6.07) is 7.48. The normalized spacial score (nSPS) is 13.7. The lowest BCUT2D eigenvalue weighted by atomic mass is 10.1. The van der Waals surface area contributed by atoms with Crippen LogP contribution in [0.25, 0.3) is 0 Å². The number of methoxy groups -OCH3 is 1. The third-order valence-electron chi connectivity index (χ3n) is 3.00. The monoisotopic (exact) mass is 312 g/mol. The summed E-state index contributed by atoms with van der Waals surface area (Å²) in [7, 11) is 2.46. The summed E-state index contributed by atoms with van der Waals surface area (Å²) in [5.41, 5.74) is 1.69. The number of hydrogen-bond donors (Lipinski definition) is 2. The molecule has 1 aromatic rings. The smallest absolute Gasteiger partial charge is 0.228 e. The van der Waals surface area contributed by atoms with E-state index in [9.17, 15) is 9.00 Å². The van der Waals surface area contributed by atoms with Crippen LogP contribution >= 0.6 is 0 Å². The van der Waals surface area contributed by atoms with Crippen LogP contribution in [0, 0.1) is 5.92 Å². The van der Waals surface area contributed by atoms with E-state index >= 15 is 0 Å². The Hall–Kier alpha value is -1.24. The Balaban J connectivity index is 2.59. The van der Waals surface area contributed by atoms with Gasteiger partial charge in [0.1, 0.15) is 0 Å². The summed E-state index contributed by atoms with van der Waals surface area (Å²) in [4.78, 5) is 11.9. The van der Waals surface area contributed by atoms with Crippen LogP contribution in [0.2, 0.25) is 0 Å². The van der Waals surface area contributed by atoms with E-state index < -0.39 is 10.8 Å². The summed E-state index contributed by atoms with van der Waals surface area (Å²) in [6.45, 7) is 2.99. The quantitative estimate of drug-likeness (QED) is 0.723. The first-order chi connectivity index (χ1) is 10.1. The topological polar surface area (TPSA) is 67.4 Å². The van der Waals surface area contributed by atoms with Crippen LogP contribution in [0.5, 0.6) is 0 Å². The van der Waals surface area contributed by atoms with E-state index in [0.717, 1.165) is 11.3 Å². The number of ether oxygens (including phenoxy) is 1. The molecule has 6 heteroatoms. The first kappa shape index (κ1) is 17.8. The summed E-state index contributed by atoms with van der Waals surface area (Å²) in [5, 5.41) is 5.86. The number of amides is 1. The highest BCUT2D eigenvalue weighted by molar-refractivity contribution is 7.84. The molecule has 21 heavy (non-hydrogen) atoms. The molecular formula is C15H24N2O3S. The Morgan fingerprint density at radius 2 is 2.19 bits per heavy atom. The molecule has 0 heterocycles. The zero-order valence-electron chi connectivity index (χ0n) is 12.8. The number of benzene rings is 1. The molecule has 0 aromatic heterocycles. The molecule has 0 radical (unpaired) electrons. The molecular weight excluding hydrogens is 288 g/mol. The lowest BCUT2D eigenvalue weighted by Crippen LogP contribution is -2.28. The highest BCUT2D eigenvalue weighted by Crippen LogP contribution is 2.13. The van der Waals surface area contributed by atoms with E-state index in [0.29, 0.717) is 24.7 Å². The minimum Gasteiger partial charge on any atom is -0.384 e. The fourth-order valence-corrected chi connectivity index (χ4v) is 2.89. The van der Waals surface area contributed by atoms with Crippen molar-refractivity contribution >= 4 is 22.4 Å². The van der Waals surface area contributed by atoms with Gasteiger partial charge in [0.05, 0.1) is 6.61 Å². The van der Waals surface area contributed by atoms with Crippen molar-refractivity contribution in [1.82, 2.24) is 5.32 Å². The maximum absolute atomic E-state index is 11.9. The Bertz CT molecular complexity index is 480. The molecule has 0 saturated carbocycles. The molecule has 0 spiro atoms.